The lowest BCUT2D eigenvalue weighted by Crippen LogP contribution is -2.58. The first-order valence-corrected chi connectivity index (χ1v) is 14.6. The number of hydrogen-bond acceptors (Lipinski definition) is 9. The van der Waals surface area contributed by atoms with Crippen molar-refractivity contribution < 1.29 is 17.9 Å². The van der Waals surface area contributed by atoms with E-state index in [0.29, 0.717) is 31.5 Å². The van der Waals surface area contributed by atoms with Crippen molar-refractivity contribution in [3.63, 3.8) is 0 Å². The molecule has 0 spiro atoms. The summed E-state index contributed by atoms with van der Waals surface area (Å²) in [6.45, 7) is 3.59. The smallest absolute Gasteiger partial charge is 0.451 e. The van der Waals surface area contributed by atoms with Crippen LogP contribution in [0, 0.1) is 11.3 Å². The highest BCUT2D eigenvalue weighted by Gasteiger charge is 2.49. The molecule has 2 saturated heterocycles. The molecule has 0 bridgehead atoms. The summed E-state index contributed by atoms with van der Waals surface area (Å²) in [6, 6.07) is 6.12. The molecule has 0 radical (unpaired) electrons. The normalized spacial score (nSPS) is 23.5. The predicted octanol–water partition coefficient (Wildman–Crippen LogP) is 4.15. The van der Waals surface area contributed by atoms with Gasteiger partial charge in [-0.1, -0.05) is 0 Å². The van der Waals surface area contributed by atoms with Crippen molar-refractivity contribution in [1.82, 2.24) is 44.5 Å². The Bertz CT molecular complexity index is 1640. The number of halogens is 3. The molecule has 224 valence electrons. The number of alkyl halides is 3. The van der Waals surface area contributed by atoms with Crippen LogP contribution in [0.25, 0.3) is 22.3 Å². The zero-order valence-corrected chi connectivity index (χ0v) is 23.5. The fourth-order valence-corrected chi connectivity index (χ4v) is 6.48. The Morgan fingerprint density at radius 1 is 1.12 bits per heavy atom. The molecule has 2 aliphatic heterocycles. The van der Waals surface area contributed by atoms with Crippen LogP contribution in [-0.2, 0) is 18.3 Å². The second-order valence-corrected chi connectivity index (χ2v) is 11.8. The number of aromatic nitrogens is 7. The summed E-state index contributed by atoms with van der Waals surface area (Å²) in [5.74, 6) is -1.16. The fourth-order valence-electron chi connectivity index (χ4n) is 6.48. The second kappa shape index (κ2) is 10.9. The Morgan fingerprint density at radius 3 is 2.65 bits per heavy atom. The van der Waals surface area contributed by atoms with Gasteiger partial charge in [-0.2, -0.15) is 28.5 Å². The number of fused-ring (bicyclic) bond motifs is 1. The SMILES string of the molecule is N#CC[C@]1(n2cc(-c3ncnc4[nH]ccc34)cn2)C[C@H](N2CCC(Oc3cc(CN4CCC4)nc(C(F)(F)F)n3)CC2)C1. The summed E-state index contributed by atoms with van der Waals surface area (Å²) in [4.78, 5) is 23.7. The van der Waals surface area contributed by atoms with Gasteiger partial charge in [0.05, 0.1) is 35.6 Å². The standard InChI is InChI=1S/C29H31F3N10O/c30-29(31,32)27-38-20(17-40-8-1-9-40)12-24(39-27)43-22-3-10-41(11-4-22)21-13-28(14-21,5-6-33)42-16-19(15-37-42)25-23-2-7-34-26(23)36-18-35-25/h2,7,12,15-16,18,21-22H,1,3-5,8-11,13-14,17H2,(H,34,35,36)/t21-,28-. The number of H-pyrrole nitrogens is 1. The van der Waals surface area contributed by atoms with Crippen molar-refractivity contribution in [2.75, 3.05) is 26.2 Å². The lowest BCUT2D eigenvalue weighted by molar-refractivity contribution is -0.145. The van der Waals surface area contributed by atoms with Gasteiger partial charge >= 0.3 is 6.18 Å². The monoisotopic (exact) mass is 592 g/mol. The van der Waals surface area contributed by atoms with Crippen molar-refractivity contribution in [3.05, 3.63) is 48.6 Å². The largest absolute Gasteiger partial charge is 0.474 e. The van der Waals surface area contributed by atoms with Crippen LogP contribution in [0.4, 0.5) is 13.2 Å². The van der Waals surface area contributed by atoms with E-state index in [9.17, 15) is 18.4 Å². The summed E-state index contributed by atoms with van der Waals surface area (Å²) in [5.41, 5.74) is 2.36. The molecule has 0 atom stereocenters. The Kier molecular flexibility index (Phi) is 7.01. The molecule has 1 N–H and O–H groups in total. The van der Waals surface area contributed by atoms with E-state index in [1.54, 1.807) is 12.3 Å². The van der Waals surface area contributed by atoms with Gasteiger partial charge in [-0.3, -0.25) is 14.5 Å². The van der Waals surface area contributed by atoms with Gasteiger partial charge in [0, 0.05) is 55.1 Å². The maximum Gasteiger partial charge on any atom is 0.451 e. The van der Waals surface area contributed by atoms with Crippen molar-refractivity contribution in [1.29, 1.82) is 5.26 Å². The van der Waals surface area contributed by atoms with Crippen LogP contribution in [0.1, 0.15) is 50.0 Å². The number of aromatic amines is 1. The third-order valence-electron chi connectivity index (χ3n) is 8.96. The third-order valence-corrected chi connectivity index (χ3v) is 8.96. The molecule has 14 heteroatoms. The van der Waals surface area contributed by atoms with Gasteiger partial charge in [0.1, 0.15) is 18.1 Å². The van der Waals surface area contributed by atoms with E-state index in [-0.39, 0.29) is 18.0 Å². The van der Waals surface area contributed by atoms with E-state index >= 15 is 0 Å². The van der Waals surface area contributed by atoms with E-state index in [1.807, 2.05) is 23.1 Å². The molecule has 4 aromatic rings. The summed E-state index contributed by atoms with van der Waals surface area (Å²) in [6.07, 6.45) is 6.58. The Labute approximate surface area is 245 Å². The fraction of sp³-hybridized carbons (Fsp3) is 0.517. The molecule has 1 aliphatic carbocycles. The van der Waals surface area contributed by atoms with Crippen LogP contribution in [0.15, 0.2) is 37.1 Å². The van der Waals surface area contributed by atoms with E-state index in [0.717, 1.165) is 67.7 Å². The minimum atomic E-state index is -4.63. The first kappa shape index (κ1) is 27.7. The minimum Gasteiger partial charge on any atom is -0.474 e. The van der Waals surface area contributed by atoms with Crippen molar-refractivity contribution in [2.24, 2.45) is 0 Å². The van der Waals surface area contributed by atoms with Gasteiger partial charge in [0.25, 0.3) is 0 Å². The number of nitriles is 1. The highest BCUT2D eigenvalue weighted by Crippen LogP contribution is 2.45. The first-order valence-electron chi connectivity index (χ1n) is 14.6. The highest BCUT2D eigenvalue weighted by molar-refractivity contribution is 5.90. The molecule has 43 heavy (non-hydrogen) atoms. The van der Waals surface area contributed by atoms with E-state index in [2.05, 4.69) is 45.9 Å². The average molecular weight is 593 g/mol. The van der Waals surface area contributed by atoms with Crippen molar-refractivity contribution >= 4 is 11.0 Å². The number of piperidine rings is 1. The zero-order chi connectivity index (χ0) is 29.6. The average Bonchev–Trinajstić information content (AvgIpc) is 3.63. The molecule has 0 amide bonds. The van der Waals surface area contributed by atoms with Crippen LogP contribution in [-0.4, -0.2) is 82.8 Å². The van der Waals surface area contributed by atoms with E-state index in [1.165, 1.54) is 6.33 Å². The number of nitrogens with one attached hydrogen (secondary N) is 1. The van der Waals surface area contributed by atoms with Gasteiger partial charge in [-0.15, -0.1) is 0 Å². The topological polar surface area (TPSA) is 125 Å². The molecule has 0 aromatic carbocycles. The molecule has 6 heterocycles. The molecule has 1 saturated carbocycles. The predicted molar refractivity (Wildman–Crippen MR) is 148 cm³/mol. The Morgan fingerprint density at radius 2 is 1.93 bits per heavy atom. The van der Waals surface area contributed by atoms with Gasteiger partial charge < -0.3 is 9.72 Å². The minimum absolute atomic E-state index is 0.0110. The first-order chi connectivity index (χ1) is 20.8. The summed E-state index contributed by atoms with van der Waals surface area (Å²) in [7, 11) is 0. The van der Waals surface area contributed by atoms with Crippen LogP contribution in [0.5, 0.6) is 5.88 Å². The molecule has 3 aliphatic rings. The van der Waals surface area contributed by atoms with Crippen LogP contribution >= 0.6 is 0 Å². The van der Waals surface area contributed by atoms with E-state index < -0.39 is 17.5 Å². The maximum absolute atomic E-state index is 13.5. The molecule has 3 fully saturated rings. The molecular weight excluding hydrogens is 561 g/mol. The molecule has 4 aromatic heterocycles. The van der Waals surface area contributed by atoms with Gasteiger partial charge in [-0.25, -0.2) is 15.0 Å². The van der Waals surface area contributed by atoms with Crippen LogP contribution in [0.3, 0.4) is 0 Å². The summed E-state index contributed by atoms with van der Waals surface area (Å²) < 4.78 is 48.4. The number of likely N-dealkylation sites (tertiary alicyclic amines) is 2. The Hall–Kier alpha value is -4.09. The maximum atomic E-state index is 13.5. The lowest BCUT2D eigenvalue weighted by atomic mass is 9.69. The quantitative estimate of drug-likeness (QED) is 0.321. The summed E-state index contributed by atoms with van der Waals surface area (Å²) >= 11 is 0. The number of rotatable bonds is 8. The van der Waals surface area contributed by atoms with Crippen molar-refractivity contribution in [2.45, 2.75) is 68.9 Å². The molecular formula is C29H31F3N10O. The van der Waals surface area contributed by atoms with Gasteiger partial charge in [-0.05, 0) is 51.3 Å². The lowest BCUT2D eigenvalue weighted by Gasteiger charge is -2.52. The molecule has 11 nitrogen and oxygen atoms in total. The number of hydrogen-bond donors (Lipinski definition) is 1. The number of ether oxygens (including phenoxy) is 1. The van der Waals surface area contributed by atoms with Crippen LogP contribution in [0.2, 0.25) is 0 Å². The Balaban J connectivity index is 0.986. The summed E-state index contributed by atoms with van der Waals surface area (Å²) in [5, 5.41) is 15.2. The van der Waals surface area contributed by atoms with Crippen LogP contribution < -0.4 is 4.74 Å². The number of nitrogens with zero attached hydrogens (tertiary/aromatic N) is 9. The molecule has 0 unspecified atom stereocenters. The second-order valence-electron chi connectivity index (χ2n) is 11.8. The highest BCUT2D eigenvalue weighted by atomic mass is 19.4. The van der Waals surface area contributed by atoms with Gasteiger partial charge in [0.15, 0.2) is 0 Å². The third kappa shape index (κ3) is 5.43. The zero-order valence-electron chi connectivity index (χ0n) is 23.5. The van der Waals surface area contributed by atoms with Crippen molar-refractivity contribution in [3.8, 4) is 23.2 Å². The van der Waals surface area contributed by atoms with E-state index in [4.69, 9.17) is 4.74 Å². The van der Waals surface area contributed by atoms with Gasteiger partial charge in [0.2, 0.25) is 11.7 Å². The molecule has 7 rings (SSSR count).